The first-order valence-electron chi connectivity index (χ1n) is 13.1. The van der Waals surface area contributed by atoms with E-state index in [0.29, 0.717) is 51.7 Å². The van der Waals surface area contributed by atoms with Gasteiger partial charge in [0.1, 0.15) is 11.4 Å². The fraction of sp³-hybridized carbons (Fsp3) is 0.300. The molecule has 1 saturated heterocycles. The predicted molar refractivity (Wildman–Crippen MR) is 151 cm³/mol. The third kappa shape index (κ3) is 6.01. The van der Waals surface area contributed by atoms with Crippen LogP contribution < -0.4 is 10.3 Å². The molecule has 5 rings (SSSR count). The highest BCUT2D eigenvalue weighted by atomic mass is 35.5. The van der Waals surface area contributed by atoms with E-state index in [4.69, 9.17) is 21.1 Å². The first-order valence-corrected chi connectivity index (χ1v) is 13.5. The highest BCUT2D eigenvalue weighted by Gasteiger charge is 2.28. The number of carboxylic acid groups (broad SMARTS) is 1. The lowest BCUT2D eigenvalue weighted by atomic mass is 9.95. The molecule has 4 aromatic rings. The van der Waals surface area contributed by atoms with Crippen molar-refractivity contribution in [1.82, 2.24) is 14.0 Å². The van der Waals surface area contributed by atoms with Gasteiger partial charge < -0.3 is 23.5 Å². The van der Waals surface area contributed by atoms with E-state index in [9.17, 15) is 24.8 Å². The van der Waals surface area contributed by atoms with Crippen LogP contribution in [0.5, 0.6) is 5.75 Å². The van der Waals surface area contributed by atoms with Crippen LogP contribution in [0.4, 0.5) is 0 Å². The van der Waals surface area contributed by atoms with Crippen molar-refractivity contribution in [2.24, 2.45) is 0 Å². The maximum Gasteiger partial charge on any atom is 0.356 e. The van der Waals surface area contributed by atoms with Crippen molar-refractivity contribution in [3.8, 4) is 22.9 Å². The van der Waals surface area contributed by atoms with Gasteiger partial charge in [-0.3, -0.25) is 9.59 Å². The van der Waals surface area contributed by atoms with Gasteiger partial charge in [-0.05, 0) is 49.1 Å². The molecule has 1 aromatic carbocycles. The van der Waals surface area contributed by atoms with Crippen LogP contribution in [-0.2, 0) is 16.0 Å². The Morgan fingerprint density at radius 1 is 1.20 bits per heavy atom. The zero-order valence-electron chi connectivity index (χ0n) is 22.2. The van der Waals surface area contributed by atoms with Crippen LogP contribution in [0.25, 0.3) is 16.8 Å². The molecule has 2 atom stereocenters. The summed E-state index contributed by atoms with van der Waals surface area (Å²) in [6, 6.07) is 10.8. The topological polar surface area (TPSA) is 136 Å². The number of carbonyl (C=O) groups excluding carboxylic acids is 1. The highest BCUT2D eigenvalue weighted by molar-refractivity contribution is 6.31. The summed E-state index contributed by atoms with van der Waals surface area (Å²) in [5.41, 5.74) is 1.73. The van der Waals surface area contributed by atoms with Crippen LogP contribution >= 0.6 is 11.6 Å². The first kappa shape index (κ1) is 28.1. The van der Waals surface area contributed by atoms with Crippen LogP contribution in [-0.4, -0.2) is 50.6 Å². The molecular formula is C30H27ClN4O6. The number of hydrogen-bond donors (Lipinski definition) is 1. The summed E-state index contributed by atoms with van der Waals surface area (Å²) in [5, 5.41) is 19.3. The molecule has 1 aliphatic heterocycles. The quantitative estimate of drug-likeness (QED) is 0.304. The SMILES string of the molecule is COc1cn(C(C[C@@H]2CCCCO2)C(=O)Cc2ccc3nc(C(=O)O)cn3c2)c(=O)cc1-c1cc(Cl)ccc1C#N. The summed E-state index contributed by atoms with van der Waals surface area (Å²) >= 11 is 6.19. The lowest BCUT2D eigenvalue weighted by molar-refractivity contribution is -0.123. The van der Waals surface area contributed by atoms with Gasteiger partial charge in [0.25, 0.3) is 5.56 Å². The Balaban J connectivity index is 1.53. The third-order valence-corrected chi connectivity index (χ3v) is 7.47. The summed E-state index contributed by atoms with van der Waals surface area (Å²) in [6.45, 7) is 0.595. The molecule has 41 heavy (non-hydrogen) atoms. The maximum absolute atomic E-state index is 13.9. The Labute approximate surface area is 240 Å². The number of halogens is 1. The van der Waals surface area contributed by atoms with Gasteiger partial charge in [0.15, 0.2) is 11.5 Å². The van der Waals surface area contributed by atoms with Gasteiger partial charge in [0.2, 0.25) is 0 Å². The van der Waals surface area contributed by atoms with Crippen molar-refractivity contribution in [1.29, 1.82) is 5.26 Å². The van der Waals surface area contributed by atoms with Gasteiger partial charge >= 0.3 is 5.97 Å². The van der Waals surface area contributed by atoms with Gasteiger partial charge in [0, 0.05) is 54.1 Å². The fourth-order valence-corrected chi connectivity index (χ4v) is 5.36. The first-order chi connectivity index (χ1) is 19.8. The Morgan fingerprint density at radius 2 is 2.02 bits per heavy atom. The van der Waals surface area contributed by atoms with Crippen LogP contribution in [0.1, 0.15) is 53.3 Å². The molecule has 0 spiro atoms. The van der Waals surface area contributed by atoms with Gasteiger partial charge in [-0.15, -0.1) is 0 Å². The number of nitriles is 1. The predicted octanol–water partition coefficient (Wildman–Crippen LogP) is 4.71. The second-order valence-electron chi connectivity index (χ2n) is 9.92. The van der Waals surface area contributed by atoms with E-state index in [0.717, 1.165) is 19.3 Å². The maximum atomic E-state index is 13.9. The molecule has 11 heteroatoms. The normalized spacial score (nSPS) is 15.8. The number of aromatic nitrogens is 3. The van der Waals surface area contributed by atoms with Gasteiger partial charge in [-0.2, -0.15) is 5.26 Å². The van der Waals surface area contributed by atoms with Crippen molar-refractivity contribution in [3.63, 3.8) is 0 Å². The third-order valence-electron chi connectivity index (χ3n) is 7.23. The number of aromatic carboxylic acids is 1. The minimum absolute atomic E-state index is 0.00269. The molecule has 1 fully saturated rings. The molecule has 0 aliphatic carbocycles. The number of carbonyl (C=O) groups is 2. The second-order valence-corrected chi connectivity index (χ2v) is 10.4. The van der Waals surface area contributed by atoms with E-state index >= 15 is 0 Å². The molecule has 1 N–H and O–H groups in total. The molecule has 0 bridgehead atoms. The fourth-order valence-electron chi connectivity index (χ4n) is 5.19. The number of benzene rings is 1. The van der Waals surface area contributed by atoms with Gasteiger partial charge in [0.05, 0.1) is 37.1 Å². The van der Waals surface area contributed by atoms with E-state index in [-0.39, 0.29) is 24.0 Å². The molecule has 3 aromatic heterocycles. The number of nitrogens with zero attached hydrogens (tertiary/aromatic N) is 4. The molecule has 1 aliphatic rings. The van der Waals surface area contributed by atoms with Crippen molar-refractivity contribution in [3.05, 3.63) is 87.2 Å². The van der Waals surface area contributed by atoms with Gasteiger partial charge in [-0.25, -0.2) is 9.78 Å². The van der Waals surface area contributed by atoms with Crippen LogP contribution in [0, 0.1) is 11.3 Å². The van der Waals surface area contributed by atoms with Crippen molar-refractivity contribution in [2.45, 2.75) is 44.2 Å². The molecule has 210 valence electrons. The van der Waals surface area contributed by atoms with Crippen molar-refractivity contribution >= 4 is 29.0 Å². The highest BCUT2D eigenvalue weighted by Crippen LogP contribution is 2.34. The Bertz CT molecular complexity index is 1730. The lowest BCUT2D eigenvalue weighted by Crippen LogP contribution is -2.34. The Hall–Kier alpha value is -4.46. The average molecular weight is 575 g/mol. The summed E-state index contributed by atoms with van der Waals surface area (Å²) < 4.78 is 14.5. The standard InChI is InChI=1S/C30H27ClN4O6/c1-40-27-17-35(29(37)13-23(27)22-11-20(31)7-6-19(22)14-32)25(12-21-4-2-3-9-41-21)26(36)10-18-5-8-28-33-24(30(38)39)16-34(28)15-18/h5-8,11,13,15-17,21,25H,2-4,9-10,12H2,1H3,(H,38,39)/t21-,25?/m0/s1. The monoisotopic (exact) mass is 574 g/mol. The lowest BCUT2D eigenvalue weighted by Gasteiger charge is -2.28. The summed E-state index contributed by atoms with van der Waals surface area (Å²) in [7, 11) is 1.46. The molecule has 0 radical (unpaired) electrons. The number of fused-ring (bicyclic) bond motifs is 1. The minimum Gasteiger partial charge on any atom is -0.495 e. The number of ketones is 1. The minimum atomic E-state index is -1.14. The smallest absolute Gasteiger partial charge is 0.356 e. The zero-order valence-corrected chi connectivity index (χ0v) is 23.0. The average Bonchev–Trinajstić information content (AvgIpc) is 3.40. The van der Waals surface area contributed by atoms with Crippen LogP contribution in [0.15, 0.2) is 59.8 Å². The van der Waals surface area contributed by atoms with Gasteiger partial charge in [-0.1, -0.05) is 17.7 Å². The van der Waals surface area contributed by atoms with Crippen molar-refractivity contribution in [2.75, 3.05) is 13.7 Å². The molecule has 4 heterocycles. The molecular weight excluding hydrogens is 548 g/mol. The number of methoxy groups -OCH3 is 1. The number of rotatable bonds is 9. The Kier molecular flexibility index (Phi) is 8.19. The number of pyridine rings is 2. The molecule has 0 saturated carbocycles. The molecule has 10 nitrogen and oxygen atoms in total. The zero-order chi connectivity index (χ0) is 29.1. The Morgan fingerprint density at radius 3 is 2.73 bits per heavy atom. The molecule has 1 unspecified atom stereocenters. The van der Waals surface area contributed by atoms with E-state index in [1.807, 2.05) is 0 Å². The second kappa shape index (κ2) is 12.0. The number of Topliss-reactive ketones (excluding diaryl/α,β-unsaturated/α-hetero) is 1. The van der Waals surface area contributed by atoms with E-state index in [1.54, 1.807) is 40.9 Å². The van der Waals surface area contributed by atoms with Crippen LogP contribution in [0.3, 0.4) is 0 Å². The number of imidazole rings is 1. The van der Waals surface area contributed by atoms with Crippen molar-refractivity contribution < 1.29 is 24.2 Å². The van der Waals surface area contributed by atoms with E-state index in [1.165, 1.54) is 30.1 Å². The number of hydrogen-bond acceptors (Lipinski definition) is 7. The molecule has 0 amide bonds. The largest absolute Gasteiger partial charge is 0.495 e. The summed E-state index contributed by atoms with van der Waals surface area (Å²) in [4.78, 5) is 42.8. The number of carboxylic acids is 1. The summed E-state index contributed by atoms with van der Waals surface area (Å²) in [5.74, 6) is -1.04. The van der Waals surface area contributed by atoms with Crippen LogP contribution in [0.2, 0.25) is 5.02 Å². The van der Waals surface area contributed by atoms with E-state index in [2.05, 4.69) is 11.1 Å². The van der Waals surface area contributed by atoms with E-state index < -0.39 is 17.6 Å². The summed E-state index contributed by atoms with van der Waals surface area (Å²) in [6.07, 6.45) is 7.36. The number of ether oxygens (including phenoxy) is 2.